The highest BCUT2D eigenvalue weighted by atomic mass is 15.3. The van der Waals surface area contributed by atoms with Gasteiger partial charge in [0, 0.05) is 36.3 Å². The molecule has 2 N–H and O–H groups in total. The molecule has 0 atom stereocenters. The Morgan fingerprint density at radius 2 is 1.70 bits per heavy atom. The van der Waals surface area contributed by atoms with Crippen molar-refractivity contribution in [1.29, 1.82) is 0 Å². The minimum absolute atomic E-state index is 0.684. The van der Waals surface area contributed by atoms with Gasteiger partial charge in [-0.25, -0.2) is 4.98 Å². The van der Waals surface area contributed by atoms with Crippen LogP contribution in [0, 0.1) is 0 Å². The normalized spacial score (nSPS) is 20.7. The molecule has 6 heteroatoms. The van der Waals surface area contributed by atoms with E-state index in [9.17, 15) is 0 Å². The van der Waals surface area contributed by atoms with Crippen LogP contribution in [0.15, 0.2) is 6.07 Å². The van der Waals surface area contributed by atoms with Gasteiger partial charge in [0.1, 0.15) is 5.82 Å². The SMILES string of the molecule is c1c(Nc2nc(N3CCCCCCC3)nc3c2CCCC3)n[nH]c1C1CC1. The fourth-order valence-corrected chi connectivity index (χ4v) is 4.40. The maximum Gasteiger partial charge on any atom is 0.227 e. The van der Waals surface area contributed by atoms with Crippen LogP contribution in [0.1, 0.15) is 80.7 Å². The molecule has 0 bridgehead atoms. The second-order valence-electron chi connectivity index (χ2n) is 8.37. The Hall–Kier alpha value is -2.11. The molecular formula is C21H30N6. The molecule has 3 heterocycles. The van der Waals surface area contributed by atoms with Crippen molar-refractivity contribution in [2.45, 2.75) is 76.5 Å². The van der Waals surface area contributed by atoms with E-state index in [4.69, 9.17) is 9.97 Å². The van der Waals surface area contributed by atoms with E-state index in [0.29, 0.717) is 5.92 Å². The van der Waals surface area contributed by atoms with Gasteiger partial charge < -0.3 is 10.2 Å². The number of nitrogens with zero attached hydrogens (tertiary/aromatic N) is 4. The summed E-state index contributed by atoms with van der Waals surface area (Å²) in [6, 6.07) is 2.16. The van der Waals surface area contributed by atoms with Gasteiger partial charge in [-0.05, 0) is 51.4 Å². The van der Waals surface area contributed by atoms with Gasteiger partial charge in [0.2, 0.25) is 5.95 Å². The average molecular weight is 367 g/mol. The number of hydrogen-bond acceptors (Lipinski definition) is 5. The molecule has 0 aromatic carbocycles. The Balaban J connectivity index is 1.44. The van der Waals surface area contributed by atoms with Crippen molar-refractivity contribution < 1.29 is 0 Å². The first-order chi connectivity index (χ1) is 13.4. The predicted octanol–water partition coefficient (Wildman–Crippen LogP) is 4.47. The van der Waals surface area contributed by atoms with Crippen LogP contribution in [0.3, 0.4) is 0 Å². The summed E-state index contributed by atoms with van der Waals surface area (Å²) in [6.45, 7) is 2.15. The number of anilines is 3. The number of nitrogens with one attached hydrogen (secondary N) is 2. The van der Waals surface area contributed by atoms with Gasteiger partial charge in [0.25, 0.3) is 0 Å². The summed E-state index contributed by atoms with van der Waals surface area (Å²) in [4.78, 5) is 12.4. The summed E-state index contributed by atoms with van der Waals surface area (Å²) < 4.78 is 0. The molecule has 0 amide bonds. The van der Waals surface area contributed by atoms with Gasteiger partial charge in [-0.3, -0.25) is 5.10 Å². The first kappa shape index (κ1) is 17.0. The fourth-order valence-electron chi connectivity index (χ4n) is 4.40. The van der Waals surface area contributed by atoms with E-state index in [0.717, 1.165) is 43.5 Å². The molecule has 1 aliphatic heterocycles. The molecule has 0 radical (unpaired) electrons. The van der Waals surface area contributed by atoms with Crippen molar-refractivity contribution in [3.63, 3.8) is 0 Å². The highest BCUT2D eigenvalue weighted by molar-refractivity contribution is 5.60. The number of H-pyrrole nitrogens is 1. The van der Waals surface area contributed by atoms with Crippen LogP contribution in [0.2, 0.25) is 0 Å². The minimum atomic E-state index is 0.684. The quantitative estimate of drug-likeness (QED) is 0.835. The Labute approximate surface area is 161 Å². The first-order valence-electron chi connectivity index (χ1n) is 10.8. The van der Waals surface area contributed by atoms with Crippen molar-refractivity contribution in [3.05, 3.63) is 23.0 Å². The van der Waals surface area contributed by atoms with Gasteiger partial charge in [-0.1, -0.05) is 19.3 Å². The third-order valence-corrected chi connectivity index (χ3v) is 6.17. The summed E-state index contributed by atoms with van der Waals surface area (Å²) in [7, 11) is 0. The third-order valence-electron chi connectivity index (χ3n) is 6.17. The number of hydrogen-bond donors (Lipinski definition) is 2. The van der Waals surface area contributed by atoms with E-state index in [-0.39, 0.29) is 0 Å². The molecule has 2 aliphatic carbocycles. The number of rotatable bonds is 4. The lowest BCUT2D eigenvalue weighted by Gasteiger charge is -2.27. The molecule has 2 fully saturated rings. The lowest BCUT2D eigenvalue weighted by atomic mass is 9.96. The first-order valence-corrected chi connectivity index (χ1v) is 10.8. The van der Waals surface area contributed by atoms with Crippen molar-refractivity contribution >= 4 is 17.6 Å². The van der Waals surface area contributed by atoms with Gasteiger partial charge in [-0.2, -0.15) is 10.1 Å². The van der Waals surface area contributed by atoms with Crippen LogP contribution in [-0.4, -0.2) is 33.3 Å². The molecule has 6 nitrogen and oxygen atoms in total. The van der Waals surface area contributed by atoms with Crippen LogP contribution >= 0.6 is 0 Å². The van der Waals surface area contributed by atoms with Crippen molar-refractivity contribution in [2.75, 3.05) is 23.3 Å². The zero-order valence-corrected chi connectivity index (χ0v) is 16.1. The number of aromatic amines is 1. The summed E-state index contributed by atoms with van der Waals surface area (Å²) in [5.41, 5.74) is 3.80. The molecule has 3 aliphatic rings. The van der Waals surface area contributed by atoms with E-state index in [1.165, 1.54) is 74.7 Å². The average Bonchev–Trinajstić information content (AvgIpc) is 3.41. The fraction of sp³-hybridized carbons (Fsp3) is 0.667. The zero-order chi connectivity index (χ0) is 18.1. The molecule has 2 aromatic rings. The Morgan fingerprint density at radius 1 is 0.926 bits per heavy atom. The smallest absolute Gasteiger partial charge is 0.227 e. The van der Waals surface area contributed by atoms with Crippen molar-refractivity contribution in [1.82, 2.24) is 20.2 Å². The summed E-state index contributed by atoms with van der Waals surface area (Å²) in [5, 5.41) is 11.2. The van der Waals surface area contributed by atoms with Crippen molar-refractivity contribution in [3.8, 4) is 0 Å². The zero-order valence-electron chi connectivity index (χ0n) is 16.1. The van der Waals surface area contributed by atoms with Gasteiger partial charge >= 0.3 is 0 Å². The summed E-state index contributed by atoms with van der Waals surface area (Å²) >= 11 is 0. The van der Waals surface area contributed by atoms with Crippen LogP contribution in [0.4, 0.5) is 17.6 Å². The lowest BCUT2D eigenvalue weighted by molar-refractivity contribution is 0.548. The van der Waals surface area contributed by atoms with Crippen LogP contribution in [0.25, 0.3) is 0 Å². The Morgan fingerprint density at radius 3 is 2.52 bits per heavy atom. The van der Waals surface area contributed by atoms with E-state index in [1.807, 2.05) is 0 Å². The standard InChI is InChI=1S/C21H30N6/c1-2-6-12-27(13-7-3-1)21-22-17-9-5-4-8-16(17)20(24-21)23-19-14-18(25-26-19)15-10-11-15/h14-15H,1-13H2,(H2,22,23,24,25,26). The molecule has 0 spiro atoms. The second-order valence-corrected chi connectivity index (χ2v) is 8.37. The maximum absolute atomic E-state index is 5.00. The van der Waals surface area contributed by atoms with Gasteiger partial charge in [0.15, 0.2) is 5.82 Å². The Kier molecular flexibility index (Phi) is 4.72. The Bertz CT molecular complexity index is 786. The van der Waals surface area contributed by atoms with Crippen LogP contribution < -0.4 is 10.2 Å². The number of aromatic nitrogens is 4. The number of fused-ring (bicyclic) bond motifs is 1. The molecule has 2 aromatic heterocycles. The van der Waals surface area contributed by atoms with Crippen LogP contribution in [-0.2, 0) is 12.8 Å². The summed E-state index contributed by atoms with van der Waals surface area (Å²) in [6.07, 6.45) is 13.7. The highest BCUT2D eigenvalue weighted by Crippen LogP contribution is 2.40. The molecule has 0 unspecified atom stereocenters. The topological polar surface area (TPSA) is 69.7 Å². The largest absolute Gasteiger partial charge is 0.341 e. The van der Waals surface area contributed by atoms with E-state index < -0.39 is 0 Å². The monoisotopic (exact) mass is 366 g/mol. The molecule has 144 valence electrons. The van der Waals surface area contributed by atoms with Gasteiger partial charge in [0.05, 0.1) is 5.69 Å². The molecule has 5 rings (SSSR count). The minimum Gasteiger partial charge on any atom is -0.341 e. The van der Waals surface area contributed by atoms with Crippen LogP contribution in [0.5, 0.6) is 0 Å². The second kappa shape index (κ2) is 7.49. The van der Waals surface area contributed by atoms with E-state index in [1.54, 1.807) is 0 Å². The maximum atomic E-state index is 5.00. The molecule has 27 heavy (non-hydrogen) atoms. The van der Waals surface area contributed by atoms with Gasteiger partial charge in [-0.15, -0.1) is 0 Å². The molecular weight excluding hydrogens is 336 g/mol. The highest BCUT2D eigenvalue weighted by Gasteiger charge is 2.26. The lowest BCUT2D eigenvalue weighted by Crippen LogP contribution is -2.30. The van der Waals surface area contributed by atoms with E-state index >= 15 is 0 Å². The molecule has 1 saturated carbocycles. The molecule has 1 saturated heterocycles. The van der Waals surface area contributed by atoms with Crippen molar-refractivity contribution in [2.24, 2.45) is 0 Å². The van der Waals surface area contributed by atoms with E-state index in [2.05, 4.69) is 26.5 Å². The predicted molar refractivity (Wildman–Crippen MR) is 108 cm³/mol. The third kappa shape index (κ3) is 3.80. The summed E-state index contributed by atoms with van der Waals surface area (Å²) in [5.74, 6) is 3.47. The number of aryl methyl sites for hydroxylation is 1.